The minimum atomic E-state index is -1.14. The Kier molecular flexibility index (Phi) is 5.56. The van der Waals surface area contributed by atoms with Crippen molar-refractivity contribution in [3.05, 3.63) is 29.6 Å². The van der Waals surface area contributed by atoms with Crippen LogP contribution in [0.25, 0.3) is 0 Å². The highest BCUT2D eigenvalue weighted by atomic mass is 16.6. The monoisotopic (exact) mass is 309 g/mol. The molecule has 118 valence electrons. The van der Waals surface area contributed by atoms with Crippen molar-refractivity contribution in [3.63, 3.8) is 0 Å². The molecule has 0 aliphatic heterocycles. The standard InChI is InChI=1S/C13H15N3O6/c1-6(10(14)17)21-12(19)8-4-3-5-9(16-8)13(20)22-7(2)11(15)18/h3-7H,1-2H3,(H2,14,17)(H2,15,18). The van der Waals surface area contributed by atoms with Gasteiger partial charge in [0.1, 0.15) is 11.4 Å². The van der Waals surface area contributed by atoms with Gasteiger partial charge >= 0.3 is 11.9 Å². The third kappa shape index (κ3) is 4.54. The molecular weight excluding hydrogens is 294 g/mol. The number of nitrogens with two attached hydrogens (primary N) is 2. The number of carbonyl (C=O) groups is 4. The van der Waals surface area contributed by atoms with Crippen LogP contribution in [0.3, 0.4) is 0 Å². The van der Waals surface area contributed by atoms with Gasteiger partial charge in [0.2, 0.25) is 0 Å². The summed E-state index contributed by atoms with van der Waals surface area (Å²) in [6.45, 7) is 2.60. The van der Waals surface area contributed by atoms with Crippen LogP contribution >= 0.6 is 0 Å². The molecule has 2 unspecified atom stereocenters. The number of nitrogens with zero attached hydrogens (tertiary/aromatic N) is 1. The van der Waals surface area contributed by atoms with E-state index in [9.17, 15) is 19.2 Å². The first-order chi connectivity index (χ1) is 10.2. The molecule has 9 nitrogen and oxygen atoms in total. The Morgan fingerprint density at radius 3 is 1.59 bits per heavy atom. The summed E-state index contributed by atoms with van der Waals surface area (Å²) in [6.07, 6.45) is -2.28. The fourth-order valence-corrected chi connectivity index (χ4v) is 1.22. The second-order valence-corrected chi connectivity index (χ2v) is 4.31. The maximum Gasteiger partial charge on any atom is 0.357 e. The van der Waals surface area contributed by atoms with Crippen molar-refractivity contribution in [2.75, 3.05) is 0 Å². The fourth-order valence-electron chi connectivity index (χ4n) is 1.22. The van der Waals surface area contributed by atoms with Crippen molar-refractivity contribution >= 4 is 23.8 Å². The lowest BCUT2D eigenvalue weighted by Gasteiger charge is -2.11. The highest BCUT2D eigenvalue weighted by molar-refractivity contribution is 5.93. The highest BCUT2D eigenvalue weighted by Crippen LogP contribution is 2.06. The largest absolute Gasteiger partial charge is 0.448 e. The molecule has 0 fully saturated rings. The third-order valence-electron chi connectivity index (χ3n) is 2.54. The fraction of sp³-hybridized carbons (Fsp3) is 0.308. The Morgan fingerprint density at radius 2 is 1.27 bits per heavy atom. The Balaban J connectivity index is 2.85. The number of primary amides is 2. The summed E-state index contributed by atoms with van der Waals surface area (Å²) in [6, 6.07) is 3.93. The number of ether oxygens (including phenoxy) is 2. The van der Waals surface area contributed by atoms with Gasteiger partial charge in [0.05, 0.1) is 0 Å². The van der Waals surface area contributed by atoms with Gasteiger partial charge in [-0.3, -0.25) is 9.59 Å². The number of aromatic nitrogens is 1. The van der Waals surface area contributed by atoms with E-state index in [1.54, 1.807) is 0 Å². The van der Waals surface area contributed by atoms with Crippen LogP contribution in [-0.4, -0.2) is 40.9 Å². The lowest BCUT2D eigenvalue weighted by atomic mass is 10.3. The number of pyridine rings is 1. The Hall–Kier alpha value is -2.97. The molecule has 0 aliphatic rings. The zero-order valence-corrected chi connectivity index (χ0v) is 11.9. The molecule has 2 atom stereocenters. The van der Waals surface area contributed by atoms with Gasteiger partial charge in [-0.1, -0.05) is 6.07 Å². The molecule has 22 heavy (non-hydrogen) atoms. The van der Waals surface area contributed by atoms with Crippen molar-refractivity contribution in [2.24, 2.45) is 11.5 Å². The number of hydrogen-bond donors (Lipinski definition) is 2. The van der Waals surface area contributed by atoms with E-state index in [1.807, 2.05) is 0 Å². The molecule has 4 N–H and O–H groups in total. The maximum absolute atomic E-state index is 11.7. The molecular formula is C13H15N3O6. The SMILES string of the molecule is CC(OC(=O)c1cccc(C(=O)OC(C)C(N)=O)n1)C(N)=O. The number of hydrogen-bond acceptors (Lipinski definition) is 7. The van der Waals surface area contributed by atoms with Crippen molar-refractivity contribution in [1.29, 1.82) is 0 Å². The van der Waals surface area contributed by atoms with Gasteiger partial charge in [0.25, 0.3) is 11.8 Å². The van der Waals surface area contributed by atoms with E-state index >= 15 is 0 Å². The molecule has 2 amide bonds. The van der Waals surface area contributed by atoms with Crippen molar-refractivity contribution in [1.82, 2.24) is 4.98 Å². The molecule has 1 rings (SSSR count). The topological polar surface area (TPSA) is 152 Å². The van der Waals surface area contributed by atoms with Crippen LogP contribution in [0.4, 0.5) is 0 Å². The first kappa shape index (κ1) is 17.1. The number of amides is 2. The van der Waals surface area contributed by atoms with Crippen LogP contribution in [0.1, 0.15) is 34.8 Å². The molecule has 0 saturated heterocycles. The molecule has 9 heteroatoms. The van der Waals surface area contributed by atoms with Gasteiger partial charge in [0, 0.05) is 0 Å². The first-order valence-electron chi connectivity index (χ1n) is 6.20. The summed E-state index contributed by atoms with van der Waals surface area (Å²) >= 11 is 0. The van der Waals surface area contributed by atoms with Crippen molar-refractivity contribution in [3.8, 4) is 0 Å². The van der Waals surface area contributed by atoms with Gasteiger partial charge in [-0.2, -0.15) is 0 Å². The Labute approximate surface area is 125 Å². The number of carbonyl (C=O) groups excluding carboxylic acids is 4. The zero-order chi connectivity index (χ0) is 16.9. The van der Waals surface area contributed by atoms with Gasteiger partial charge < -0.3 is 20.9 Å². The predicted molar refractivity (Wildman–Crippen MR) is 72.4 cm³/mol. The van der Waals surface area contributed by atoms with Gasteiger partial charge in [-0.15, -0.1) is 0 Å². The molecule has 0 bridgehead atoms. The van der Waals surface area contributed by atoms with Gasteiger partial charge in [-0.05, 0) is 26.0 Å². The summed E-state index contributed by atoms with van der Waals surface area (Å²) in [7, 11) is 0. The highest BCUT2D eigenvalue weighted by Gasteiger charge is 2.21. The lowest BCUT2D eigenvalue weighted by Crippen LogP contribution is -2.31. The molecule has 0 spiro atoms. The lowest BCUT2D eigenvalue weighted by molar-refractivity contribution is -0.126. The normalized spacial score (nSPS) is 12.8. The van der Waals surface area contributed by atoms with Crippen LogP contribution in [0.5, 0.6) is 0 Å². The van der Waals surface area contributed by atoms with E-state index < -0.39 is 36.0 Å². The minimum Gasteiger partial charge on any atom is -0.448 e. The summed E-state index contributed by atoms with van der Waals surface area (Å²) in [5, 5.41) is 0. The summed E-state index contributed by atoms with van der Waals surface area (Å²) in [4.78, 5) is 48.9. The van der Waals surface area contributed by atoms with Crippen LogP contribution in [0, 0.1) is 0 Å². The van der Waals surface area contributed by atoms with Crippen LogP contribution in [0.15, 0.2) is 18.2 Å². The minimum absolute atomic E-state index is 0.214. The van der Waals surface area contributed by atoms with Crippen molar-refractivity contribution in [2.45, 2.75) is 26.1 Å². The van der Waals surface area contributed by atoms with E-state index in [4.69, 9.17) is 20.9 Å². The van der Waals surface area contributed by atoms with E-state index in [0.717, 1.165) is 0 Å². The third-order valence-corrected chi connectivity index (χ3v) is 2.54. The number of rotatable bonds is 6. The summed E-state index contributed by atoms with van der Waals surface area (Å²) in [5.74, 6) is -3.49. The summed E-state index contributed by atoms with van der Waals surface area (Å²) < 4.78 is 9.50. The van der Waals surface area contributed by atoms with E-state index in [-0.39, 0.29) is 11.4 Å². The average molecular weight is 309 g/mol. The molecule has 0 aliphatic carbocycles. The second kappa shape index (κ2) is 7.16. The summed E-state index contributed by atoms with van der Waals surface area (Å²) in [5.41, 5.74) is 9.51. The number of esters is 2. The average Bonchev–Trinajstić information content (AvgIpc) is 2.46. The van der Waals surface area contributed by atoms with E-state index in [1.165, 1.54) is 32.0 Å². The van der Waals surface area contributed by atoms with Crippen LogP contribution < -0.4 is 11.5 Å². The smallest absolute Gasteiger partial charge is 0.357 e. The molecule has 0 aromatic carbocycles. The van der Waals surface area contributed by atoms with Crippen LogP contribution in [-0.2, 0) is 19.1 Å². The zero-order valence-electron chi connectivity index (χ0n) is 11.9. The Bertz CT molecular complexity index is 566. The van der Waals surface area contributed by atoms with Crippen LogP contribution in [0.2, 0.25) is 0 Å². The molecule has 1 heterocycles. The first-order valence-corrected chi connectivity index (χ1v) is 6.20. The molecule has 0 radical (unpaired) electrons. The van der Waals surface area contributed by atoms with Gasteiger partial charge in [0.15, 0.2) is 12.2 Å². The predicted octanol–water partition coefficient (Wildman–Crippen LogP) is -0.857. The quantitative estimate of drug-likeness (QED) is 0.648. The van der Waals surface area contributed by atoms with E-state index in [2.05, 4.69) is 4.98 Å². The van der Waals surface area contributed by atoms with E-state index in [0.29, 0.717) is 0 Å². The Morgan fingerprint density at radius 1 is 0.909 bits per heavy atom. The second-order valence-electron chi connectivity index (χ2n) is 4.31. The molecule has 1 aromatic rings. The molecule has 1 aromatic heterocycles. The van der Waals surface area contributed by atoms with Gasteiger partial charge in [-0.25, -0.2) is 14.6 Å². The maximum atomic E-state index is 11.7. The molecule has 0 saturated carbocycles. The van der Waals surface area contributed by atoms with Crippen molar-refractivity contribution < 1.29 is 28.7 Å².